The molecule has 0 radical (unpaired) electrons. The first-order valence-electron chi connectivity index (χ1n) is 5.62. The van der Waals surface area contributed by atoms with Gasteiger partial charge < -0.3 is 9.52 Å². The molecule has 0 atom stereocenters. The SMILES string of the molecule is Cn1nc(C(=O)O)cc1-c1c(F)cc(F)c2occc12. The molecule has 3 rings (SSSR count). The number of hydrogen-bond donors (Lipinski definition) is 1. The third-order valence-corrected chi connectivity index (χ3v) is 3.00. The fourth-order valence-corrected chi connectivity index (χ4v) is 2.13. The van der Waals surface area contributed by atoms with E-state index in [4.69, 9.17) is 9.52 Å². The second-order valence-electron chi connectivity index (χ2n) is 4.22. The Bertz CT molecular complexity index is 836. The number of fused-ring (bicyclic) bond motifs is 1. The summed E-state index contributed by atoms with van der Waals surface area (Å²) >= 11 is 0. The number of carbonyl (C=O) groups is 1. The molecule has 2 aromatic heterocycles. The van der Waals surface area contributed by atoms with Crippen molar-refractivity contribution in [2.24, 2.45) is 7.05 Å². The van der Waals surface area contributed by atoms with Gasteiger partial charge in [-0.1, -0.05) is 0 Å². The van der Waals surface area contributed by atoms with Crippen LogP contribution in [0.4, 0.5) is 8.78 Å². The van der Waals surface area contributed by atoms with E-state index in [-0.39, 0.29) is 27.9 Å². The molecule has 3 aromatic rings. The Morgan fingerprint density at radius 3 is 2.75 bits per heavy atom. The van der Waals surface area contributed by atoms with E-state index in [1.807, 2.05) is 0 Å². The maximum absolute atomic E-state index is 14.1. The fourth-order valence-electron chi connectivity index (χ4n) is 2.13. The second kappa shape index (κ2) is 4.16. The van der Waals surface area contributed by atoms with Gasteiger partial charge in [-0.05, 0) is 12.1 Å². The van der Waals surface area contributed by atoms with Crippen LogP contribution in [0.3, 0.4) is 0 Å². The van der Waals surface area contributed by atoms with Crippen molar-refractivity contribution in [2.45, 2.75) is 0 Å². The minimum absolute atomic E-state index is 0.0534. The van der Waals surface area contributed by atoms with Gasteiger partial charge in [0.25, 0.3) is 0 Å². The normalized spacial score (nSPS) is 11.2. The zero-order valence-electron chi connectivity index (χ0n) is 10.2. The van der Waals surface area contributed by atoms with E-state index < -0.39 is 17.6 Å². The number of benzene rings is 1. The molecule has 0 spiro atoms. The number of halogens is 2. The summed E-state index contributed by atoms with van der Waals surface area (Å²) in [7, 11) is 1.48. The Kier molecular flexibility index (Phi) is 2.56. The summed E-state index contributed by atoms with van der Waals surface area (Å²) in [6.45, 7) is 0. The fraction of sp³-hybridized carbons (Fsp3) is 0.0769. The van der Waals surface area contributed by atoms with Gasteiger partial charge in [0.05, 0.1) is 12.0 Å². The number of nitrogens with zero attached hydrogens (tertiary/aromatic N) is 2. The van der Waals surface area contributed by atoms with E-state index in [2.05, 4.69) is 5.10 Å². The summed E-state index contributed by atoms with van der Waals surface area (Å²) in [4.78, 5) is 10.9. The van der Waals surface area contributed by atoms with Crippen molar-refractivity contribution in [3.63, 3.8) is 0 Å². The molecule has 0 aliphatic carbocycles. The number of aryl methyl sites for hydroxylation is 1. The van der Waals surface area contributed by atoms with Crippen LogP contribution in [0.1, 0.15) is 10.5 Å². The highest BCUT2D eigenvalue weighted by Gasteiger charge is 2.21. The molecule has 0 saturated carbocycles. The van der Waals surface area contributed by atoms with Crippen LogP contribution >= 0.6 is 0 Å². The summed E-state index contributed by atoms with van der Waals surface area (Å²) in [5.41, 5.74) is -0.0219. The standard InChI is InChI=1S/C13H8F2N2O3/c1-17-10(5-9(16-17)13(18)19)11-6-2-3-20-12(6)8(15)4-7(11)14/h2-5H,1H3,(H,18,19). The lowest BCUT2D eigenvalue weighted by atomic mass is 10.1. The predicted octanol–water partition coefficient (Wildman–Crippen LogP) is 2.81. The molecule has 102 valence electrons. The van der Waals surface area contributed by atoms with Gasteiger partial charge in [0, 0.05) is 24.1 Å². The monoisotopic (exact) mass is 278 g/mol. The van der Waals surface area contributed by atoms with Crippen molar-refractivity contribution in [3.05, 3.63) is 41.8 Å². The molecule has 1 aromatic carbocycles. The Hall–Kier alpha value is -2.70. The molecular weight excluding hydrogens is 270 g/mol. The minimum Gasteiger partial charge on any atom is -0.476 e. The summed E-state index contributed by atoms with van der Waals surface area (Å²) in [5.74, 6) is -2.85. The lowest BCUT2D eigenvalue weighted by Crippen LogP contribution is -2.00. The molecule has 7 heteroatoms. The van der Waals surface area contributed by atoms with Crippen LogP contribution in [0.2, 0.25) is 0 Å². The lowest BCUT2D eigenvalue weighted by molar-refractivity contribution is 0.0689. The van der Waals surface area contributed by atoms with Gasteiger partial charge >= 0.3 is 5.97 Å². The average molecular weight is 278 g/mol. The van der Waals surface area contributed by atoms with Crippen LogP contribution in [-0.2, 0) is 7.05 Å². The predicted molar refractivity (Wildman–Crippen MR) is 65.3 cm³/mol. The van der Waals surface area contributed by atoms with E-state index in [9.17, 15) is 13.6 Å². The van der Waals surface area contributed by atoms with Crippen LogP contribution < -0.4 is 0 Å². The van der Waals surface area contributed by atoms with Gasteiger partial charge in [-0.15, -0.1) is 0 Å². The van der Waals surface area contributed by atoms with E-state index in [0.29, 0.717) is 6.07 Å². The summed E-state index contributed by atoms with van der Waals surface area (Å²) in [6, 6.07) is 3.35. The van der Waals surface area contributed by atoms with Gasteiger partial charge in [-0.2, -0.15) is 5.10 Å². The van der Waals surface area contributed by atoms with Crippen molar-refractivity contribution in [3.8, 4) is 11.3 Å². The highest BCUT2D eigenvalue weighted by Crippen LogP contribution is 2.33. The molecule has 2 heterocycles. The van der Waals surface area contributed by atoms with E-state index in [1.165, 1.54) is 30.1 Å². The molecule has 1 N–H and O–H groups in total. The Morgan fingerprint density at radius 1 is 1.35 bits per heavy atom. The van der Waals surface area contributed by atoms with Crippen LogP contribution in [0, 0.1) is 11.6 Å². The van der Waals surface area contributed by atoms with Crippen molar-refractivity contribution < 1.29 is 23.1 Å². The summed E-state index contributed by atoms with van der Waals surface area (Å²) in [5, 5.41) is 12.9. The molecule has 5 nitrogen and oxygen atoms in total. The van der Waals surface area contributed by atoms with E-state index in [0.717, 1.165) is 0 Å². The second-order valence-corrected chi connectivity index (χ2v) is 4.22. The quantitative estimate of drug-likeness (QED) is 0.782. The number of rotatable bonds is 2. The van der Waals surface area contributed by atoms with Gasteiger partial charge in [0.2, 0.25) is 0 Å². The van der Waals surface area contributed by atoms with E-state index >= 15 is 0 Å². The highest BCUT2D eigenvalue weighted by atomic mass is 19.1. The first kappa shape index (κ1) is 12.3. The summed E-state index contributed by atoms with van der Waals surface area (Å²) in [6.07, 6.45) is 1.24. The smallest absolute Gasteiger partial charge is 0.356 e. The maximum Gasteiger partial charge on any atom is 0.356 e. The Balaban J connectivity index is 2.35. The average Bonchev–Trinajstić information content (AvgIpc) is 2.97. The number of hydrogen-bond acceptors (Lipinski definition) is 3. The van der Waals surface area contributed by atoms with E-state index in [1.54, 1.807) is 0 Å². The molecule has 0 saturated heterocycles. The Labute approximate surface area is 111 Å². The molecular formula is C13H8F2N2O3. The van der Waals surface area contributed by atoms with Crippen molar-refractivity contribution in [1.82, 2.24) is 9.78 Å². The zero-order chi connectivity index (χ0) is 14.4. The topological polar surface area (TPSA) is 68.3 Å². The van der Waals surface area contributed by atoms with Gasteiger partial charge in [-0.25, -0.2) is 13.6 Å². The molecule has 0 bridgehead atoms. The Morgan fingerprint density at radius 2 is 2.10 bits per heavy atom. The molecule has 0 unspecified atom stereocenters. The largest absolute Gasteiger partial charge is 0.476 e. The third-order valence-electron chi connectivity index (χ3n) is 3.00. The molecule has 20 heavy (non-hydrogen) atoms. The van der Waals surface area contributed by atoms with Gasteiger partial charge in [-0.3, -0.25) is 4.68 Å². The van der Waals surface area contributed by atoms with Crippen LogP contribution in [0.15, 0.2) is 28.9 Å². The number of furan rings is 1. The third kappa shape index (κ3) is 1.67. The van der Waals surface area contributed by atoms with Crippen LogP contribution in [-0.4, -0.2) is 20.9 Å². The number of aromatic carboxylic acids is 1. The van der Waals surface area contributed by atoms with Crippen LogP contribution in [0.5, 0.6) is 0 Å². The number of aromatic nitrogens is 2. The highest BCUT2D eigenvalue weighted by molar-refractivity contribution is 5.95. The number of carboxylic acid groups (broad SMARTS) is 1. The van der Waals surface area contributed by atoms with Crippen molar-refractivity contribution in [2.75, 3.05) is 0 Å². The first-order chi connectivity index (χ1) is 9.49. The number of carboxylic acids is 1. The van der Waals surface area contributed by atoms with Gasteiger partial charge in [0.15, 0.2) is 17.1 Å². The maximum atomic E-state index is 14.1. The van der Waals surface area contributed by atoms with Crippen molar-refractivity contribution >= 4 is 16.9 Å². The minimum atomic E-state index is -1.22. The van der Waals surface area contributed by atoms with Crippen molar-refractivity contribution in [1.29, 1.82) is 0 Å². The molecule has 0 aliphatic heterocycles. The van der Waals surface area contributed by atoms with Crippen LogP contribution in [0.25, 0.3) is 22.2 Å². The summed E-state index contributed by atoms with van der Waals surface area (Å²) < 4.78 is 33.8. The molecule has 0 aliphatic rings. The van der Waals surface area contributed by atoms with Gasteiger partial charge in [0.1, 0.15) is 5.82 Å². The molecule has 0 fully saturated rings. The zero-order valence-corrected chi connectivity index (χ0v) is 10.2. The lowest BCUT2D eigenvalue weighted by Gasteiger charge is -2.05. The molecule has 0 amide bonds. The first-order valence-corrected chi connectivity index (χ1v) is 5.62.